The van der Waals surface area contributed by atoms with Gasteiger partial charge in [-0.05, 0) is 100 Å². The largest absolute Gasteiger partial charge is 0.378 e. The molecule has 0 fully saturated rings. The Morgan fingerprint density at radius 1 is 0.980 bits per heavy atom. The predicted octanol–water partition coefficient (Wildman–Crippen LogP) is 12.2. The summed E-state index contributed by atoms with van der Waals surface area (Å²) in [7, 11) is 3.82. The highest BCUT2D eigenvalue weighted by Crippen LogP contribution is 2.36. The van der Waals surface area contributed by atoms with Crippen LogP contribution in [0, 0.1) is 5.82 Å². The zero-order chi connectivity index (χ0) is 38.5. The standard InChI is InChI=1S/C25H29FN2O2.C15H23N.C3H8.C2H6/c1-5-16(2)25(30)28(4)15-17(3)18-10-11-22(26)23(14-18)27-24(29)21-12-19-8-6-7-9-20(19)13-21;1-5-12-16(4)13(3)15(6-2)14-10-8-7-9-11-14;1-3-2;1-2/h5,10-12,14-15H,6-9,13H2,1-4H3,(H,27,29);7-11,15H,3,5-6,12H2,1-2,4H3;3H2,1-2H3;1-2H3/b16-5+,17-15+;;;. The second-order valence-corrected chi connectivity index (χ2v) is 13.0. The van der Waals surface area contributed by atoms with Gasteiger partial charge in [0.15, 0.2) is 0 Å². The number of amides is 2. The monoisotopic (exact) mass is 700 g/mol. The molecule has 5 nitrogen and oxygen atoms in total. The van der Waals surface area contributed by atoms with Crippen LogP contribution < -0.4 is 5.32 Å². The zero-order valence-electron chi connectivity index (χ0n) is 33.6. The molecule has 4 rings (SSSR count). The lowest BCUT2D eigenvalue weighted by molar-refractivity contribution is -0.123. The van der Waals surface area contributed by atoms with Crippen LogP contribution in [0.25, 0.3) is 5.57 Å². The van der Waals surface area contributed by atoms with Gasteiger partial charge in [0.25, 0.3) is 11.8 Å². The minimum atomic E-state index is -0.481. The number of nitrogens with zero attached hydrogens (tertiary/aromatic N) is 2. The van der Waals surface area contributed by atoms with E-state index in [2.05, 4.69) is 81.9 Å². The van der Waals surface area contributed by atoms with Crippen LogP contribution in [0.1, 0.15) is 131 Å². The van der Waals surface area contributed by atoms with Crippen molar-refractivity contribution < 1.29 is 14.0 Å². The average molecular weight is 700 g/mol. The van der Waals surface area contributed by atoms with Gasteiger partial charge in [0, 0.05) is 49.6 Å². The maximum Gasteiger partial charge on any atom is 0.252 e. The summed E-state index contributed by atoms with van der Waals surface area (Å²) in [6.07, 6.45) is 14.1. The molecule has 2 aromatic rings. The lowest BCUT2D eigenvalue weighted by Gasteiger charge is -2.28. The van der Waals surface area contributed by atoms with Gasteiger partial charge < -0.3 is 15.1 Å². The molecule has 280 valence electrons. The summed E-state index contributed by atoms with van der Waals surface area (Å²) in [5, 5.41) is 2.73. The Balaban J connectivity index is 0.000000521. The summed E-state index contributed by atoms with van der Waals surface area (Å²) in [6, 6.07) is 15.3. The molecule has 2 amide bonds. The molecular weight excluding hydrogens is 634 g/mol. The summed E-state index contributed by atoms with van der Waals surface area (Å²) in [5.74, 6) is -0.377. The molecule has 0 saturated heterocycles. The van der Waals surface area contributed by atoms with Crippen LogP contribution in [0.4, 0.5) is 10.1 Å². The van der Waals surface area contributed by atoms with E-state index >= 15 is 0 Å². The summed E-state index contributed by atoms with van der Waals surface area (Å²) in [5.41, 5.74) is 8.26. The maximum absolute atomic E-state index is 14.4. The quantitative estimate of drug-likeness (QED) is 0.238. The van der Waals surface area contributed by atoms with Crippen molar-refractivity contribution in [2.75, 3.05) is 26.0 Å². The number of carbonyl (C=O) groups excluding carboxylic acids is 2. The van der Waals surface area contributed by atoms with Crippen LogP contribution in [0.2, 0.25) is 0 Å². The second-order valence-electron chi connectivity index (χ2n) is 13.0. The van der Waals surface area contributed by atoms with Crippen LogP contribution >= 0.6 is 0 Å². The number of likely N-dealkylation sites (N-methyl/N-ethyl adjacent to an activating group) is 2. The van der Waals surface area contributed by atoms with E-state index in [0.29, 0.717) is 23.5 Å². The molecule has 2 aromatic carbocycles. The SMILES string of the molecule is C/C=C(\C)C(=O)N(C)/C=C(\C)c1ccc(F)c(NC(=O)C2=CC3=C(CCCC3)C2)c1.C=C(C(CC)c1ccccc1)N(C)CCC.CC.CCC. The number of allylic oxidation sites excluding steroid dienone is 6. The first-order valence-corrected chi connectivity index (χ1v) is 19.0. The Morgan fingerprint density at radius 3 is 2.18 bits per heavy atom. The van der Waals surface area contributed by atoms with E-state index in [1.165, 1.54) is 52.6 Å². The highest BCUT2D eigenvalue weighted by atomic mass is 19.1. The number of rotatable bonds is 11. The van der Waals surface area contributed by atoms with Gasteiger partial charge in [-0.1, -0.05) is 109 Å². The molecule has 0 radical (unpaired) electrons. The van der Waals surface area contributed by atoms with E-state index in [1.54, 1.807) is 38.4 Å². The average Bonchev–Trinajstić information content (AvgIpc) is 3.59. The molecule has 0 aliphatic heterocycles. The van der Waals surface area contributed by atoms with Gasteiger partial charge in [-0.25, -0.2) is 4.39 Å². The van der Waals surface area contributed by atoms with E-state index < -0.39 is 5.82 Å². The molecule has 1 N–H and O–H groups in total. The van der Waals surface area contributed by atoms with Crippen LogP contribution in [-0.4, -0.2) is 42.3 Å². The molecule has 0 aromatic heterocycles. The van der Waals surface area contributed by atoms with Gasteiger partial charge >= 0.3 is 0 Å². The molecule has 51 heavy (non-hydrogen) atoms. The number of carbonyl (C=O) groups is 2. The van der Waals surface area contributed by atoms with Crippen LogP contribution in [-0.2, 0) is 9.59 Å². The third kappa shape index (κ3) is 14.2. The molecule has 0 saturated carbocycles. The molecule has 0 bridgehead atoms. The third-order valence-electron chi connectivity index (χ3n) is 8.88. The van der Waals surface area contributed by atoms with Gasteiger partial charge in [0.05, 0.1) is 5.69 Å². The minimum absolute atomic E-state index is 0.0999. The van der Waals surface area contributed by atoms with Crippen molar-refractivity contribution >= 4 is 23.1 Å². The molecule has 0 heterocycles. The number of benzene rings is 2. The highest BCUT2D eigenvalue weighted by Gasteiger charge is 2.23. The van der Waals surface area contributed by atoms with Gasteiger partial charge in [-0.2, -0.15) is 0 Å². The summed E-state index contributed by atoms with van der Waals surface area (Å²) in [6.45, 7) is 23.4. The van der Waals surface area contributed by atoms with Crippen molar-refractivity contribution in [1.82, 2.24) is 9.80 Å². The van der Waals surface area contributed by atoms with Crippen molar-refractivity contribution in [3.63, 3.8) is 0 Å². The predicted molar refractivity (Wildman–Crippen MR) is 218 cm³/mol. The Morgan fingerprint density at radius 2 is 1.61 bits per heavy atom. The smallest absolute Gasteiger partial charge is 0.252 e. The molecule has 2 aliphatic rings. The van der Waals surface area contributed by atoms with Gasteiger partial charge in [0.1, 0.15) is 5.82 Å². The number of halogens is 1. The first kappa shape index (κ1) is 44.8. The van der Waals surface area contributed by atoms with Crippen molar-refractivity contribution in [3.8, 4) is 0 Å². The number of nitrogens with one attached hydrogen (secondary N) is 1. The summed E-state index contributed by atoms with van der Waals surface area (Å²) >= 11 is 0. The van der Waals surface area contributed by atoms with E-state index in [0.717, 1.165) is 43.4 Å². The molecule has 1 atom stereocenters. The third-order valence-corrected chi connectivity index (χ3v) is 8.88. The molecule has 0 spiro atoms. The number of hydrogen-bond acceptors (Lipinski definition) is 3. The fraction of sp³-hybridized carbons (Fsp3) is 0.467. The van der Waals surface area contributed by atoms with Crippen LogP contribution in [0.15, 0.2) is 101 Å². The van der Waals surface area contributed by atoms with E-state index in [4.69, 9.17) is 0 Å². The van der Waals surface area contributed by atoms with Crippen molar-refractivity contribution in [2.24, 2.45) is 0 Å². The fourth-order valence-corrected chi connectivity index (χ4v) is 5.99. The summed E-state index contributed by atoms with van der Waals surface area (Å²) < 4.78 is 14.4. The Bertz CT molecular complexity index is 1530. The topological polar surface area (TPSA) is 52.7 Å². The van der Waals surface area contributed by atoms with Crippen molar-refractivity contribution in [2.45, 2.75) is 120 Å². The Kier molecular flexibility index (Phi) is 21.2. The van der Waals surface area contributed by atoms with Crippen molar-refractivity contribution in [3.05, 3.63) is 118 Å². The lowest BCUT2D eigenvalue weighted by Crippen LogP contribution is -2.22. The lowest BCUT2D eigenvalue weighted by atomic mass is 9.93. The van der Waals surface area contributed by atoms with Crippen LogP contribution in [0.5, 0.6) is 0 Å². The molecule has 6 heteroatoms. The van der Waals surface area contributed by atoms with Gasteiger partial charge in [-0.3, -0.25) is 9.59 Å². The molecular formula is C45H66FN3O2. The summed E-state index contributed by atoms with van der Waals surface area (Å²) in [4.78, 5) is 28.8. The number of hydrogen-bond donors (Lipinski definition) is 1. The number of anilines is 1. The van der Waals surface area contributed by atoms with Gasteiger partial charge in [-0.15, -0.1) is 0 Å². The zero-order valence-corrected chi connectivity index (χ0v) is 33.6. The van der Waals surface area contributed by atoms with E-state index in [-0.39, 0.29) is 17.5 Å². The van der Waals surface area contributed by atoms with E-state index in [9.17, 15) is 14.0 Å². The Hall–Kier alpha value is -4.19. The van der Waals surface area contributed by atoms with Crippen molar-refractivity contribution in [1.29, 1.82) is 0 Å². The second kappa shape index (κ2) is 24.1. The minimum Gasteiger partial charge on any atom is -0.378 e. The fourth-order valence-electron chi connectivity index (χ4n) is 5.99. The Labute approximate surface area is 310 Å². The highest BCUT2D eigenvalue weighted by molar-refractivity contribution is 6.05. The van der Waals surface area contributed by atoms with Gasteiger partial charge in [0.2, 0.25) is 0 Å². The van der Waals surface area contributed by atoms with E-state index in [1.807, 2.05) is 33.8 Å². The normalized spacial score (nSPS) is 14.2. The first-order valence-electron chi connectivity index (χ1n) is 19.0. The van der Waals surface area contributed by atoms with Crippen LogP contribution in [0.3, 0.4) is 0 Å². The molecule has 2 aliphatic carbocycles. The first-order chi connectivity index (χ1) is 24.4. The molecule has 1 unspecified atom stereocenters. The maximum atomic E-state index is 14.4.